The summed E-state index contributed by atoms with van der Waals surface area (Å²) in [6.07, 6.45) is 0. The van der Waals surface area contributed by atoms with Crippen LogP contribution in [0.4, 0.5) is 5.13 Å². The van der Waals surface area contributed by atoms with E-state index in [1.165, 1.54) is 54.1 Å². The highest BCUT2D eigenvalue weighted by Crippen LogP contribution is 2.32. The molecule has 11 heteroatoms. The molecule has 0 bridgehead atoms. The van der Waals surface area contributed by atoms with Gasteiger partial charge >= 0.3 is 0 Å². The summed E-state index contributed by atoms with van der Waals surface area (Å²) in [7, 11) is 0.829. The molecule has 0 saturated heterocycles. The number of nitrogens with one attached hydrogen (secondary N) is 1. The molecule has 0 saturated carbocycles. The SMILES string of the molecule is COCCN(CCOC)S(=O)(=O)c1ccc(C(=O)Nc2nc3c(OC)cccc3s2)cc1. The van der Waals surface area contributed by atoms with Crippen molar-refractivity contribution < 1.29 is 27.4 Å². The largest absolute Gasteiger partial charge is 0.494 e. The van der Waals surface area contributed by atoms with Crippen LogP contribution < -0.4 is 10.1 Å². The number of hydrogen-bond donors (Lipinski definition) is 1. The van der Waals surface area contributed by atoms with Gasteiger partial charge in [-0.2, -0.15) is 4.31 Å². The summed E-state index contributed by atoms with van der Waals surface area (Å²) in [6, 6.07) is 11.3. The third-order valence-electron chi connectivity index (χ3n) is 4.67. The average molecular weight is 480 g/mol. The number of ether oxygens (including phenoxy) is 3. The minimum Gasteiger partial charge on any atom is -0.494 e. The maximum Gasteiger partial charge on any atom is 0.257 e. The molecule has 1 amide bonds. The van der Waals surface area contributed by atoms with E-state index in [1.54, 1.807) is 13.2 Å². The Bertz CT molecular complexity index is 1150. The number of thiazole rings is 1. The van der Waals surface area contributed by atoms with Gasteiger partial charge < -0.3 is 14.2 Å². The number of sulfonamides is 1. The van der Waals surface area contributed by atoms with Gasteiger partial charge in [-0.15, -0.1) is 0 Å². The number of hydrogen-bond acceptors (Lipinski definition) is 8. The van der Waals surface area contributed by atoms with Crippen molar-refractivity contribution in [2.45, 2.75) is 4.90 Å². The van der Waals surface area contributed by atoms with Crippen molar-refractivity contribution in [2.24, 2.45) is 0 Å². The van der Waals surface area contributed by atoms with Gasteiger partial charge in [-0.05, 0) is 36.4 Å². The predicted molar refractivity (Wildman–Crippen MR) is 123 cm³/mol. The van der Waals surface area contributed by atoms with Crippen LogP contribution in [0.25, 0.3) is 10.2 Å². The first-order chi connectivity index (χ1) is 15.4. The molecule has 0 fully saturated rings. The highest BCUT2D eigenvalue weighted by atomic mass is 32.2. The van der Waals surface area contributed by atoms with Crippen molar-refractivity contribution in [3.05, 3.63) is 48.0 Å². The predicted octanol–water partition coefficient (Wildman–Crippen LogP) is 2.84. The molecular weight excluding hydrogens is 454 g/mol. The number of para-hydroxylation sites is 1. The van der Waals surface area contributed by atoms with E-state index in [0.29, 0.717) is 22.0 Å². The van der Waals surface area contributed by atoms with Gasteiger partial charge in [0, 0.05) is 32.9 Å². The van der Waals surface area contributed by atoms with Crippen molar-refractivity contribution >= 4 is 42.6 Å². The molecule has 0 aliphatic rings. The zero-order valence-corrected chi connectivity index (χ0v) is 19.7. The number of aromatic nitrogens is 1. The second-order valence-electron chi connectivity index (χ2n) is 6.69. The Labute approximate surface area is 191 Å². The minimum absolute atomic E-state index is 0.0889. The lowest BCUT2D eigenvalue weighted by Gasteiger charge is -2.21. The molecule has 1 aromatic heterocycles. The summed E-state index contributed by atoms with van der Waals surface area (Å²) in [4.78, 5) is 17.2. The fraction of sp³-hybridized carbons (Fsp3) is 0.333. The Balaban J connectivity index is 1.76. The van der Waals surface area contributed by atoms with Gasteiger partial charge in [0.25, 0.3) is 5.91 Å². The van der Waals surface area contributed by atoms with Crippen LogP contribution >= 0.6 is 11.3 Å². The second kappa shape index (κ2) is 10.8. The fourth-order valence-corrected chi connectivity index (χ4v) is 5.26. The second-order valence-corrected chi connectivity index (χ2v) is 9.66. The quantitative estimate of drug-likeness (QED) is 0.451. The van der Waals surface area contributed by atoms with Crippen molar-refractivity contribution in [3.63, 3.8) is 0 Å². The Morgan fingerprint density at radius 1 is 1.03 bits per heavy atom. The van der Waals surface area contributed by atoms with Crippen LogP contribution in [0.3, 0.4) is 0 Å². The molecular formula is C21H25N3O6S2. The number of nitrogens with zero attached hydrogens (tertiary/aromatic N) is 2. The molecule has 1 heterocycles. The standard InChI is InChI=1S/C21H25N3O6S2/c1-28-13-11-24(12-14-29-2)32(26,27)16-9-7-15(8-10-16)20(25)23-21-22-19-17(30-3)5-4-6-18(19)31-21/h4-10H,11-14H2,1-3H3,(H,22,23,25). The van der Waals surface area contributed by atoms with E-state index in [-0.39, 0.29) is 37.1 Å². The molecule has 0 unspecified atom stereocenters. The number of amides is 1. The van der Waals surface area contributed by atoms with Crippen molar-refractivity contribution in [2.75, 3.05) is 52.9 Å². The molecule has 32 heavy (non-hydrogen) atoms. The molecule has 0 aliphatic heterocycles. The molecule has 0 aliphatic carbocycles. The summed E-state index contributed by atoms with van der Waals surface area (Å²) < 4.78 is 43.4. The van der Waals surface area contributed by atoms with E-state index in [1.807, 2.05) is 12.1 Å². The first kappa shape index (κ1) is 24.1. The van der Waals surface area contributed by atoms with Crippen LogP contribution in [-0.2, 0) is 19.5 Å². The van der Waals surface area contributed by atoms with Crippen LogP contribution in [-0.4, -0.2) is 71.2 Å². The van der Waals surface area contributed by atoms with Crippen LogP contribution in [0.1, 0.15) is 10.4 Å². The molecule has 172 valence electrons. The van der Waals surface area contributed by atoms with E-state index >= 15 is 0 Å². The minimum atomic E-state index is -3.75. The zero-order valence-electron chi connectivity index (χ0n) is 18.0. The number of rotatable bonds is 11. The van der Waals surface area contributed by atoms with Gasteiger partial charge in [0.15, 0.2) is 5.13 Å². The Morgan fingerprint density at radius 2 is 1.69 bits per heavy atom. The zero-order chi connectivity index (χ0) is 23.1. The van der Waals surface area contributed by atoms with Gasteiger partial charge in [-0.1, -0.05) is 17.4 Å². The molecule has 0 radical (unpaired) electrons. The molecule has 0 spiro atoms. The lowest BCUT2D eigenvalue weighted by molar-refractivity contribution is 0.102. The Hall–Kier alpha value is -2.57. The lowest BCUT2D eigenvalue weighted by atomic mass is 10.2. The smallest absolute Gasteiger partial charge is 0.257 e. The molecule has 2 aromatic carbocycles. The van der Waals surface area contributed by atoms with E-state index in [0.717, 1.165) is 4.70 Å². The maximum absolute atomic E-state index is 13.0. The number of fused-ring (bicyclic) bond motifs is 1. The van der Waals surface area contributed by atoms with E-state index in [9.17, 15) is 13.2 Å². The Morgan fingerprint density at radius 3 is 2.28 bits per heavy atom. The highest BCUT2D eigenvalue weighted by molar-refractivity contribution is 7.89. The van der Waals surface area contributed by atoms with Gasteiger partial charge in [-0.3, -0.25) is 10.1 Å². The number of anilines is 1. The first-order valence-corrected chi connectivity index (χ1v) is 12.0. The van der Waals surface area contributed by atoms with Gasteiger partial charge in [0.05, 0.1) is 29.9 Å². The van der Waals surface area contributed by atoms with Crippen LogP contribution in [0.5, 0.6) is 5.75 Å². The maximum atomic E-state index is 13.0. The van der Waals surface area contributed by atoms with Crippen LogP contribution in [0, 0.1) is 0 Å². The van der Waals surface area contributed by atoms with Gasteiger partial charge in [-0.25, -0.2) is 13.4 Å². The molecule has 9 nitrogen and oxygen atoms in total. The third-order valence-corrected chi connectivity index (χ3v) is 7.52. The first-order valence-electron chi connectivity index (χ1n) is 9.73. The van der Waals surface area contributed by atoms with E-state index in [2.05, 4.69) is 10.3 Å². The summed E-state index contributed by atoms with van der Waals surface area (Å²) in [5.74, 6) is 0.239. The summed E-state index contributed by atoms with van der Waals surface area (Å²) in [5.41, 5.74) is 0.986. The fourth-order valence-electron chi connectivity index (χ4n) is 2.98. The van der Waals surface area contributed by atoms with Crippen LogP contribution in [0.15, 0.2) is 47.4 Å². The summed E-state index contributed by atoms with van der Waals surface area (Å²) in [6.45, 7) is 0.920. The van der Waals surface area contributed by atoms with Gasteiger partial charge in [0.2, 0.25) is 10.0 Å². The van der Waals surface area contributed by atoms with Crippen LogP contribution in [0.2, 0.25) is 0 Å². The normalized spacial score (nSPS) is 11.8. The molecule has 3 aromatic rings. The monoisotopic (exact) mass is 479 g/mol. The summed E-state index contributed by atoms with van der Waals surface area (Å²) in [5, 5.41) is 3.18. The highest BCUT2D eigenvalue weighted by Gasteiger charge is 2.24. The topological polar surface area (TPSA) is 107 Å². The van der Waals surface area contributed by atoms with Crippen molar-refractivity contribution in [1.29, 1.82) is 0 Å². The number of benzene rings is 2. The van der Waals surface area contributed by atoms with Crippen molar-refractivity contribution in [3.8, 4) is 5.75 Å². The summed E-state index contributed by atoms with van der Waals surface area (Å²) >= 11 is 1.33. The number of carbonyl (C=O) groups excluding carboxylic acids is 1. The molecule has 1 N–H and O–H groups in total. The molecule has 3 rings (SSSR count). The number of methoxy groups -OCH3 is 3. The Kier molecular flexibility index (Phi) is 8.15. The number of carbonyl (C=O) groups is 1. The van der Waals surface area contributed by atoms with Crippen molar-refractivity contribution in [1.82, 2.24) is 9.29 Å². The van der Waals surface area contributed by atoms with E-state index < -0.39 is 10.0 Å². The van der Waals surface area contributed by atoms with E-state index in [4.69, 9.17) is 14.2 Å². The third kappa shape index (κ3) is 5.43. The average Bonchev–Trinajstić information content (AvgIpc) is 3.21. The molecule has 0 atom stereocenters. The van der Waals surface area contributed by atoms with Gasteiger partial charge in [0.1, 0.15) is 11.3 Å². The lowest BCUT2D eigenvalue weighted by Crippen LogP contribution is -2.36.